The molecule has 0 aromatic rings. The van der Waals surface area contributed by atoms with Gasteiger partial charge in [-0.15, -0.1) is 0 Å². The van der Waals surface area contributed by atoms with E-state index in [0.717, 1.165) is 0 Å². The average Bonchev–Trinajstić information content (AvgIpc) is 1.38. The second-order valence-electron chi connectivity index (χ2n) is 0.815. The minimum absolute atomic E-state index is 0. The molecule has 0 aromatic carbocycles. The van der Waals surface area contributed by atoms with Gasteiger partial charge in [-0.2, -0.15) is 0 Å². The molecule has 0 aliphatic heterocycles. The van der Waals surface area contributed by atoms with Gasteiger partial charge in [0.1, 0.15) is 0 Å². The van der Waals surface area contributed by atoms with Crippen molar-refractivity contribution in [2.75, 3.05) is 0 Å². The van der Waals surface area contributed by atoms with Crippen molar-refractivity contribution >= 4 is 5.78 Å². The third-order valence-corrected chi connectivity index (χ3v) is 0.287. The van der Waals surface area contributed by atoms with Crippen LogP contribution in [0.4, 0.5) is 0 Å². The predicted octanol–water partition coefficient (Wildman–Crippen LogP) is 0.756. The molecule has 0 rings (SSSR count). The van der Waals surface area contributed by atoms with Crippen LogP contribution in [-0.2, 0) is 38.6 Å². The molecule has 0 N–H and O–H groups in total. The van der Waals surface area contributed by atoms with Gasteiger partial charge in [-0.05, 0) is 13.0 Å². The van der Waals surface area contributed by atoms with Crippen LogP contribution in [-0.4, -0.2) is 5.78 Å². The molecular formula is C4H6CoMnO. The summed E-state index contributed by atoms with van der Waals surface area (Å²) in [5, 5.41) is 0. The van der Waals surface area contributed by atoms with Crippen LogP contribution in [0.15, 0.2) is 12.7 Å². The molecule has 2 radical (unpaired) electrons. The molecule has 0 bridgehead atoms. The first-order valence-electron chi connectivity index (χ1n) is 1.40. The van der Waals surface area contributed by atoms with Crippen molar-refractivity contribution in [3.05, 3.63) is 12.7 Å². The van der Waals surface area contributed by atoms with Gasteiger partial charge in [0.25, 0.3) is 0 Å². The summed E-state index contributed by atoms with van der Waals surface area (Å²) in [6.45, 7) is 4.68. The van der Waals surface area contributed by atoms with Gasteiger partial charge < -0.3 is 0 Å². The Hall–Kier alpha value is 0.436. The summed E-state index contributed by atoms with van der Waals surface area (Å²) >= 11 is 0. The van der Waals surface area contributed by atoms with Crippen LogP contribution in [0.5, 0.6) is 0 Å². The first kappa shape index (κ1) is 15.7. The second kappa shape index (κ2) is 9.66. The maximum absolute atomic E-state index is 9.69. The zero-order valence-electron chi connectivity index (χ0n) is 3.90. The standard InChI is InChI=1S/C4H6O.Co.Mn/c1-3-4(2)5;;/h3H,1H2,2H3;;. The third kappa shape index (κ3) is 21.3. The first-order valence-corrected chi connectivity index (χ1v) is 1.40. The van der Waals surface area contributed by atoms with Crippen molar-refractivity contribution in [3.63, 3.8) is 0 Å². The van der Waals surface area contributed by atoms with E-state index in [1.807, 2.05) is 0 Å². The van der Waals surface area contributed by atoms with Gasteiger partial charge in [0.05, 0.1) is 0 Å². The predicted molar refractivity (Wildman–Crippen MR) is 20.9 cm³/mol. The van der Waals surface area contributed by atoms with E-state index in [4.69, 9.17) is 0 Å². The van der Waals surface area contributed by atoms with Gasteiger partial charge in [-0.1, -0.05) is 6.58 Å². The van der Waals surface area contributed by atoms with Crippen molar-refractivity contribution in [1.82, 2.24) is 0 Å². The summed E-state index contributed by atoms with van der Waals surface area (Å²) in [4.78, 5) is 9.69. The molecule has 0 spiro atoms. The summed E-state index contributed by atoms with van der Waals surface area (Å²) in [5.74, 6) is 0.0185. The molecule has 0 fully saturated rings. The summed E-state index contributed by atoms with van der Waals surface area (Å²) < 4.78 is 0. The smallest absolute Gasteiger partial charge is 0.152 e. The molecular weight excluding hydrogens is 178 g/mol. The van der Waals surface area contributed by atoms with E-state index in [1.165, 1.54) is 13.0 Å². The van der Waals surface area contributed by atoms with Crippen molar-refractivity contribution < 1.29 is 38.6 Å². The SMILES string of the molecule is C=CC(C)=O.[Co].[Mn]. The van der Waals surface area contributed by atoms with Gasteiger partial charge in [0, 0.05) is 33.8 Å². The molecule has 0 aromatic heterocycles. The van der Waals surface area contributed by atoms with Crippen LogP contribution in [0.25, 0.3) is 0 Å². The Labute approximate surface area is 64.2 Å². The summed E-state index contributed by atoms with van der Waals surface area (Å²) in [5.41, 5.74) is 0. The molecule has 0 aliphatic carbocycles. The first-order chi connectivity index (χ1) is 2.27. The molecule has 0 saturated heterocycles. The van der Waals surface area contributed by atoms with Gasteiger partial charge in [0.15, 0.2) is 5.78 Å². The van der Waals surface area contributed by atoms with Crippen molar-refractivity contribution in [3.8, 4) is 0 Å². The molecule has 0 amide bonds. The zero-order chi connectivity index (χ0) is 4.28. The third-order valence-electron chi connectivity index (χ3n) is 0.287. The zero-order valence-corrected chi connectivity index (χ0v) is 6.13. The van der Waals surface area contributed by atoms with E-state index in [1.54, 1.807) is 0 Å². The molecule has 0 heterocycles. The maximum Gasteiger partial charge on any atom is 0.152 e. The number of allylic oxidation sites excluding steroid dienone is 1. The Morgan fingerprint density at radius 2 is 1.86 bits per heavy atom. The van der Waals surface area contributed by atoms with Crippen LogP contribution in [0.2, 0.25) is 0 Å². The molecule has 1 nitrogen and oxygen atoms in total. The number of hydrogen-bond donors (Lipinski definition) is 0. The maximum atomic E-state index is 9.69. The van der Waals surface area contributed by atoms with E-state index < -0.39 is 0 Å². The number of rotatable bonds is 1. The minimum atomic E-state index is 0. The molecule has 44 valence electrons. The molecule has 0 unspecified atom stereocenters. The Morgan fingerprint density at radius 3 is 1.86 bits per heavy atom. The molecule has 7 heavy (non-hydrogen) atoms. The van der Waals surface area contributed by atoms with Crippen LogP contribution in [0.3, 0.4) is 0 Å². The number of hydrogen-bond acceptors (Lipinski definition) is 1. The quantitative estimate of drug-likeness (QED) is 0.434. The normalized spacial score (nSPS) is 4.71. The minimum Gasteiger partial charge on any atom is -0.295 e. The van der Waals surface area contributed by atoms with Crippen molar-refractivity contribution in [1.29, 1.82) is 0 Å². The molecule has 0 saturated carbocycles. The van der Waals surface area contributed by atoms with Crippen molar-refractivity contribution in [2.24, 2.45) is 0 Å². The Kier molecular flexibility index (Phi) is 21.6. The Bertz CT molecular complexity index is 62.7. The van der Waals surface area contributed by atoms with Crippen LogP contribution >= 0.6 is 0 Å². The molecule has 0 atom stereocenters. The van der Waals surface area contributed by atoms with Gasteiger partial charge in [0.2, 0.25) is 0 Å². The largest absolute Gasteiger partial charge is 0.295 e. The summed E-state index contributed by atoms with van der Waals surface area (Å²) in [6.07, 6.45) is 1.28. The van der Waals surface area contributed by atoms with Crippen LogP contribution in [0, 0.1) is 0 Å². The van der Waals surface area contributed by atoms with E-state index >= 15 is 0 Å². The van der Waals surface area contributed by atoms with E-state index in [9.17, 15) is 4.79 Å². The summed E-state index contributed by atoms with van der Waals surface area (Å²) in [6, 6.07) is 0. The van der Waals surface area contributed by atoms with E-state index in [2.05, 4.69) is 6.58 Å². The van der Waals surface area contributed by atoms with E-state index in [-0.39, 0.29) is 39.6 Å². The van der Waals surface area contributed by atoms with Crippen LogP contribution < -0.4 is 0 Å². The molecule has 0 aliphatic rings. The number of carbonyl (C=O) groups is 1. The van der Waals surface area contributed by atoms with E-state index in [0.29, 0.717) is 0 Å². The average molecular weight is 184 g/mol. The van der Waals surface area contributed by atoms with Gasteiger partial charge in [-0.25, -0.2) is 0 Å². The Morgan fingerprint density at radius 1 is 1.71 bits per heavy atom. The monoisotopic (exact) mass is 184 g/mol. The summed E-state index contributed by atoms with van der Waals surface area (Å²) in [7, 11) is 0. The fourth-order valence-corrected chi connectivity index (χ4v) is 0. The second-order valence-corrected chi connectivity index (χ2v) is 0.815. The van der Waals surface area contributed by atoms with Gasteiger partial charge >= 0.3 is 0 Å². The topological polar surface area (TPSA) is 17.1 Å². The fourth-order valence-electron chi connectivity index (χ4n) is 0. The Balaban J connectivity index is -0.0000000800. The fraction of sp³-hybridized carbons (Fsp3) is 0.250. The van der Waals surface area contributed by atoms with Crippen molar-refractivity contribution in [2.45, 2.75) is 6.92 Å². The number of ketones is 1. The van der Waals surface area contributed by atoms with Gasteiger partial charge in [-0.3, -0.25) is 4.79 Å². The number of carbonyl (C=O) groups excluding carboxylic acids is 1. The van der Waals surface area contributed by atoms with Crippen LogP contribution in [0.1, 0.15) is 6.92 Å². The molecule has 3 heteroatoms.